The zero-order chi connectivity index (χ0) is 18.5. The van der Waals surface area contributed by atoms with Gasteiger partial charge < -0.3 is 26.5 Å². The molecule has 140 valence electrons. The van der Waals surface area contributed by atoms with Crippen molar-refractivity contribution >= 4 is 21.7 Å². The average Bonchev–Trinajstić information content (AvgIpc) is 2.68. The number of ether oxygens (including phenoxy) is 2. The van der Waals surface area contributed by atoms with Crippen LogP contribution in [0, 0.1) is 0 Å². The Kier molecular flexibility index (Phi) is 7.50. The average molecular weight is 494 g/mol. The number of hydrogen-bond acceptors (Lipinski definition) is 4. The molecule has 0 amide bonds. The summed E-state index contributed by atoms with van der Waals surface area (Å²) in [5, 5.41) is 0. The summed E-state index contributed by atoms with van der Waals surface area (Å²) in [7, 11) is 3.22. The number of aromatic nitrogens is 2. The quantitative estimate of drug-likeness (QED) is 0.375. The third-order valence-electron chi connectivity index (χ3n) is 3.93. The molecule has 3 aromatic rings. The van der Waals surface area contributed by atoms with E-state index in [2.05, 4.69) is 20.9 Å². The normalized spacial score (nSPS) is 10.0. The van der Waals surface area contributed by atoms with Gasteiger partial charge in [0.15, 0.2) is 12.2 Å². The second kappa shape index (κ2) is 9.62. The highest BCUT2D eigenvalue weighted by atomic mass is 79.9. The molecule has 0 bridgehead atoms. The summed E-state index contributed by atoms with van der Waals surface area (Å²) in [5.41, 5.74) is 2.28. The Morgan fingerprint density at radius 1 is 1.11 bits per heavy atom. The van der Waals surface area contributed by atoms with Crippen LogP contribution in [0.4, 0.5) is 0 Å². The molecule has 1 heterocycles. The van der Waals surface area contributed by atoms with Crippen LogP contribution in [0.15, 0.2) is 65.5 Å². The van der Waals surface area contributed by atoms with Gasteiger partial charge in [0.25, 0.3) is 6.33 Å². The summed E-state index contributed by atoms with van der Waals surface area (Å²) in [6.45, 7) is 0.226. The maximum Gasteiger partial charge on any atom is 0.287 e. The number of rotatable bonds is 6. The second-order valence-electron chi connectivity index (χ2n) is 5.62. The summed E-state index contributed by atoms with van der Waals surface area (Å²) in [5.74, 6) is 1.42. The highest BCUT2D eigenvalue weighted by Crippen LogP contribution is 2.31. The maximum absolute atomic E-state index is 12.4. The van der Waals surface area contributed by atoms with Gasteiger partial charge in [-0.05, 0) is 29.2 Å². The van der Waals surface area contributed by atoms with Gasteiger partial charge in [-0.15, -0.1) is 0 Å². The number of nitrogens with zero attached hydrogens (tertiary/aromatic N) is 2. The molecule has 0 fully saturated rings. The lowest BCUT2D eigenvalue weighted by Gasteiger charge is -2.08. The Morgan fingerprint density at radius 2 is 1.93 bits per heavy atom. The molecule has 0 saturated carbocycles. The highest BCUT2D eigenvalue weighted by Gasteiger charge is 2.15. The number of carbonyl (C=O) groups excluding carboxylic acids is 1. The van der Waals surface area contributed by atoms with Crippen molar-refractivity contribution in [2.45, 2.75) is 6.54 Å². The number of benzene rings is 2. The van der Waals surface area contributed by atoms with Crippen LogP contribution in [0.2, 0.25) is 0 Å². The fourth-order valence-corrected chi connectivity index (χ4v) is 2.97. The molecule has 0 saturated heterocycles. The second-order valence-corrected chi connectivity index (χ2v) is 6.53. The number of halogens is 2. The van der Waals surface area contributed by atoms with Crippen LogP contribution in [0.3, 0.4) is 0 Å². The lowest BCUT2D eigenvalue weighted by molar-refractivity contribution is -0.686. The van der Waals surface area contributed by atoms with Gasteiger partial charge in [0.1, 0.15) is 11.5 Å². The van der Waals surface area contributed by atoms with Crippen LogP contribution in [0.1, 0.15) is 10.4 Å². The minimum absolute atomic E-state index is 0. The largest absolute Gasteiger partial charge is 1.00 e. The molecule has 27 heavy (non-hydrogen) atoms. The first kappa shape index (κ1) is 21.1. The van der Waals surface area contributed by atoms with Gasteiger partial charge >= 0.3 is 0 Å². The first-order valence-electron chi connectivity index (χ1n) is 7.97. The zero-order valence-electron chi connectivity index (χ0n) is 14.9. The molecule has 0 radical (unpaired) electrons. The van der Waals surface area contributed by atoms with Crippen molar-refractivity contribution in [2.75, 3.05) is 14.2 Å². The Hall–Kier alpha value is -2.25. The van der Waals surface area contributed by atoms with Crippen LogP contribution in [0.25, 0.3) is 11.3 Å². The zero-order valence-corrected chi connectivity index (χ0v) is 18.0. The molecular formula is C20H18Br2N2O3. The smallest absolute Gasteiger partial charge is 0.287 e. The monoisotopic (exact) mass is 492 g/mol. The molecule has 0 N–H and O–H groups in total. The van der Waals surface area contributed by atoms with Crippen molar-refractivity contribution in [3.05, 3.63) is 71.1 Å². The molecule has 1 aromatic heterocycles. The molecule has 0 spiro atoms. The van der Waals surface area contributed by atoms with E-state index >= 15 is 0 Å². The molecule has 5 nitrogen and oxygen atoms in total. The van der Waals surface area contributed by atoms with Gasteiger partial charge in [0.05, 0.1) is 26.0 Å². The Bertz CT molecular complexity index is 931. The third-order valence-corrected chi connectivity index (χ3v) is 4.42. The van der Waals surface area contributed by atoms with Crippen molar-refractivity contribution in [1.82, 2.24) is 4.98 Å². The van der Waals surface area contributed by atoms with Gasteiger partial charge in [0, 0.05) is 22.2 Å². The van der Waals surface area contributed by atoms with Gasteiger partial charge in [0.2, 0.25) is 5.78 Å². The van der Waals surface area contributed by atoms with E-state index in [1.807, 2.05) is 48.7 Å². The van der Waals surface area contributed by atoms with Crippen LogP contribution in [-0.2, 0) is 6.54 Å². The van der Waals surface area contributed by atoms with Crippen molar-refractivity contribution in [3.63, 3.8) is 0 Å². The molecule has 0 aliphatic heterocycles. The highest BCUT2D eigenvalue weighted by molar-refractivity contribution is 9.10. The van der Waals surface area contributed by atoms with Crippen LogP contribution < -0.4 is 31.0 Å². The molecule has 7 heteroatoms. The van der Waals surface area contributed by atoms with Crippen molar-refractivity contribution in [1.29, 1.82) is 0 Å². The van der Waals surface area contributed by atoms with Crippen LogP contribution in [-0.4, -0.2) is 25.0 Å². The number of ketones is 1. The number of Topliss-reactive ketones (excluding diaryl/α,β-unsaturated/α-hetero) is 1. The molecular weight excluding hydrogens is 476 g/mol. The molecule has 0 atom stereocenters. The van der Waals surface area contributed by atoms with Gasteiger partial charge in [-0.3, -0.25) is 4.79 Å². The molecule has 2 aromatic carbocycles. The van der Waals surface area contributed by atoms with Crippen molar-refractivity contribution < 1.29 is 35.8 Å². The van der Waals surface area contributed by atoms with Gasteiger partial charge in [-0.1, -0.05) is 28.1 Å². The van der Waals surface area contributed by atoms with E-state index < -0.39 is 0 Å². The lowest BCUT2D eigenvalue weighted by atomic mass is 10.1. The van der Waals surface area contributed by atoms with E-state index in [1.165, 1.54) is 0 Å². The summed E-state index contributed by atoms with van der Waals surface area (Å²) in [6, 6.07) is 14.8. The lowest BCUT2D eigenvalue weighted by Crippen LogP contribution is -3.00. The first-order chi connectivity index (χ1) is 12.6. The molecule has 0 aliphatic rings. The molecule has 0 aliphatic carbocycles. The van der Waals surface area contributed by atoms with Crippen LogP contribution >= 0.6 is 15.9 Å². The fourth-order valence-electron chi connectivity index (χ4n) is 2.57. The van der Waals surface area contributed by atoms with E-state index in [1.54, 1.807) is 31.2 Å². The fraction of sp³-hybridized carbons (Fsp3) is 0.150. The molecule has 3 rings (SSSR count). The van der Waals surface area contributed by atoms with E-state index in [0.717, 1.165) is 21.5 Å². The first-order valence-corrected chi connectivity index (χ1v) is 8.76. The minimum atomic E-state index is 0. The predicted octanol–water partition coefficient (Wildman–Crippen LogP) is 0.703. The maximum atomic E-state index is 12.4. The summed E-state index contributed by atoms with van der Waals surface area (Å²) in [4.78, 5) is 16.8. The summed E-state index contributed by atoms with van der Waals surface area (Å²) in [6.07, 6.45) is 3.48. The van der Waals surface area contributed by atoms with Gasteiger partial charge in [-0.25, -0.2) is 4.57 Å². The standard InChI is InChI=1S/C20H18BrN2O3.BrH/c1-25-16-6-7-17(20(11-16)26-2)18-8-9-23(13-22-18)12-19(24)14-4-3-5-15(21)10-14;/h3-11,13H,12H2,1-2H3;1H/q+1;/p-1. The van der Waals surface area contributed by atoms with E-state index in [4.69, 9.17) is 9.47 Å². The van der Waals surface area contributed by atoms with Crippen molar-refractivity contribution in [3.8, 4) is 22.8 Å². The van der Waals surface area contributed by atoms with E-state index in [-0.39, 0.29) is 29.3 Å². The topological polar surface area (TPSA) is 52.3 Å². The SMILES string of the molecule is COc1ccc(-c2cc[n+](CC(=O)c3cccc(Br)c3)cn2)c(OC)c1.[Br-]. The number of carbonyl (C=O) groups is 1. The van der Waals surface area contributed by atoms with Crippen molar-refractivity contribution in [2.24, 2.45) is 0 Å². The van der Waals surface area contributed by atoms with E-state index in [9.17, 15) is 4.79 Å². The molecule has 0 unspecified atom stereocenters. The Balaban J connectivity index is 0.00000261. The predicted molar refractivity (Wildman–Crippen MR) is 101 cm³/mol. The number of hydrogen-bond donors (Lipinski definition) is 0. The number of methoxy groups -OCH3 is 2. The Morgan fingerprint density at radius 3 is 2.56 bits per heavy atom. The minimum Gasteiger partial charge on any atom is -1.00 e. The third kappa shape index (κ3) is 5.14. The Labute approximate surface area is 176 Å². The van der Waals surface area contributed by atoms with Gasteiger partial charge in [-0.2, -0.15) is 0 Å². The van der Waals surface area contributed by atoms with E-state index in [0.29, 0.717) is 11.3 Å². The summed E-state index contributed by atoms with van der Waals surface area (Å²) >= 11 is 3.38. The van der Waals surface area contributed by atoms with Crippen LogP contribution in [0.5, 0.6) is 11.5 Å². The summed E-state index contributed by atoms with van der Waals surface area (Å²) < 4.78 is 13.3.